The number of unbranched alkanes of at least 4 members (excludes halogenated alkanes) is 25. The summed E-state index contributed by atoms with van der Waals surface area (Å²) < 4.78 is 0. The van der Waals surface area contributed by atoms with E-state index in [0.29, 0.717) is 6.42 Å². The Balaban J connectivity index is 3.78. The van der Waals surface area contributed by atoms with Crippen LogP contribution in [0.4, 0.5) is 0 Å². The predicted molar refractivity (Wildman–Crippen MR) is 222 cm³/mol. The number of aliphatic hydroxyl groups excluding tert-OH is 3. The molecule has 0 bridgehead atoms. The van der Waals surface area contributed by atoms with Crippen LogP contribution in [0.1, 0.15) is 213 Å². The lowest BCUT2D eigenvalue weighted by Crippen LogP contribution is -2.48. The number of hydrogen-bond donors (Lipinski definition) is 4. The van der Waals surface area contributed by atoms with E-state index in [1.807, 2.05) is 6.08 Å². The van der Waals surface area contributed by atoms with Gasteiger partial charge in [-0.3, -0.25) is 4.79 Å². The topological polar surface area (TPSA) is 89.8 Å². The molecule has 0 saturated carbocycles. The highest BCUT2D eigenvalue weighted by atomic mass is 16.3. The molecule has 0 aliphatic rings. The summed E-state index contributed by atoms with van der Waals surface area (Å²) >= 11 is 0. The molecule has 1 amide bonds. The van der Waals surface area contributed by atoms with E-state index in [9.17, 15) is 20.1 Å². The number of amides is 1. The third-order valence-electron chi connectivity index (χ3n) is 9.87. The van der Waals surface area contributed by atoms with Crippen molar-refractivity contribution in [2.45, 2.75) is 231 Å². The van der Waals surface area contributed by atoms with E-state index >= 15 is 0 Å². The summed E-state index contributed by atoms with van der Waals surface area (Å²) in [5, 5.41) is 33.1. The highest BCUT2D eigenvalue weighted by Gasteiger charge is 2.22. The first-order chi connectivity index (χ1) is 25.1. The summed E-state index contributed by atoms with van der Waals surface area (Å²) in [5.74, 6) is -0.526. The van der Waals surface area contributed by atoms with Gasteiger partial charge in [-0.05, 0) is 70.6 Å². The highest BCUT2D eigenvalue weighted by Crippen LogP contribution is 2.13. The van der Waals surface area contributed by atoms with Crippen LogP contribution >= 0.6 is 0 Å². The van der Waals surface area contributed by atoms with Crippen LogP contribution < -0.4 is 5.32 Å². The molecule has 0 fully saturated rings. The summed E-state index contributed by atoms with van der Waals surface area (Å²) in [4.78, 5) is 12.4. The molecule has 0 aliphatic heterocycles. The first-order valence-electron chi connectivity index (χ1n) is 22.0. The van der Waals surface area contributed by atoms with Gasteiger partial charge in [-0.1, -0.05) is 191 Å². The molecule has 0 aromatic carbocycles. The molecule has 51 heavy (non-hydrogen) atoms. The van der Waals surface area contributed by atoms with E-state index in [1.54, 1.807) is 6.08 Å². The Morgan fingerprint density at radius 2 is 0.804 bits per heavy atom. The van der Waals surface area contributed by atoms with Gasteiger partial charge < -0.3 is 20.6 Å². The van der Waals surface area contributed by atoms with Crippen LogP contribution in [-0.2, 0) is 4.79 Å². The maximum absolute atomic E-state index is 12.4. The van der Waals surface area contributed by atoms with Crippen LogP contribution in [0.2, 0.25) is 0 Å². The minimum absolute atomic E-state index is 0.386. The quantitative estimate of drug-likeness (QED) is 0.0377. The zero-order chi connectivity index (χ0) is 37.3. The SMILES string of the molecule is CCCCCCCCCCC/C=C\CCCCCCC(O)C(=O)NC(CO)C(O)/C=C/CC/C=C/CC/C=C/CCCCCCCCCCCC. The van der Waals surface area contributed by atoms with Crippen LogP contribution in [0.15, 0.2) is 48.6 Å². The molecule has 0 radical (unpaired) electrons. The molecule has 0 aromatic rings. The van der Waals surface area contributed by atoms with Gasteiger partial charge in [-0.25, -0.2) is 0 Å². The summed E-state index contributed by atoms with van der Waals surface area (Å²) in [6, 6.07) is -0.826. The molecule has 0 aromatic heterocycles. The second kappa shape index (κ2) is 41.1. The average molecular weight is 716 g/mol. The molecule has 298 valence electrons. The fourth-order valence-electron chi connectivity index (χ4n) is 6.39. The summed E-state index contributed by atoms with van der Waals surface area (Å²) in [5.41, 5.74) is 0. The zero-order valence-corrected chi connectivity index (χ0v) is 33.7. The molecule has 0 rings (SSSR count). The average Bonchev–Trinajstić information content (AvgIpc) is 3.13. The van der Waals surface area contributed by atoms with Gasteiger partial charge in [0.2, 0.25) is 5.91 Å². The predicted octanol–water partition coefficient (Wildman–Crippen LogP) is 12.5. The number of hydrogen-bond acceptors (Lipinski definition) is 4. The molecule has 0 spiro atoms. The molecule has 5 nitrogen and oxygen atoms in total. The number of carbonyl (C=O) groups excluding carboxylic acids is 1. The number of aliphatic hydroxyl groups is 3. The van der Waals surface area contributed by atoms with Crippen molar-refractivity contribution in [3.8, 4) is 0 Å². The lowest BCUT2D eigenvalue weighted by atomic mass is 10.1. The van der Waals surface area contributed by atoms with E-state index in [4.69, 9.17) is 0 Å². The monoisotopic (exact) mass is 716 g/mol. The molecule has 5 heteroatoms. The van der Waals surface area contributed by atoms with Crippen molar-refractivity contribution in [1.82, 2.24) is 5.32 Å². The molecular formula is C46H85NO4. The summed E-state index contributed by atoms with van der Waals surface area (Å²) in [6.45, 7) is 4.16. The molecule has 3 atom stereocenters. The van der Waals surface area contributed by atoms with Gasteiger partial charge in [0.1, 0.15) is 6.10 Å². The minimum Gasteiger partial charge on any atom is -0.394 e. The van der Waals surface area contributed by atoms with E-state index in [2.05, 4.69) is 55.6 Å². The molecule has 3 unspecified atom stereocenters. The van der Waals surface area contributed by atoms with Gasteiger partial charge in [0, 0.05) is 0 Å². The third kappa shape index (κ3) is 36.5. The second-order valence-corrected chi connectivity index (χ2v) is 14.9. The molecule has 0 aliphatic carbocycles. The van der Waals surface area contributed by atoms with Crippen molar-refractivity contribution in [2.24, 2.45) is 0 Å². The smallest absolute Gasteiger partial charge is 0.249 e. The maximum atomic E-state index is 12.4. The van der Waals surface area contributed by atoms with Gasteiger partial charge >= 0.3 is 0 Å². The second-order valence-electron chi connectivity index (χ2n) is 14.9. The van der Waals surface area contributed by atoms with E-state index in [-0.39, 0.29) is 6.61 Å². The van der Waals surface area contributed by atoms with Crippen molar-refractivity contribution in [2.75, 3.05) is 6.61 Å². The fraction of sp³-hybridized carbons (Fsp3) is 0.804. The third-order valence-corrected chi connectivity index (χ3v) is 9.87. The number of allylic oxidation sites excluding steroid dienone is 7. The largest absolute Gasteiger partial charge is 0.394 e. The molecule has 0 saturated heterocycles. The van der Waals surface area contributed by atoms with Gasteiger partial charge in [-0.15, -0.1) is 0 Å². The molecule has 4 N–H and O–H groups in total. The highest BCUT2D eigenvalue weighted by molar-refractivity contribution is 5.80. The van der Waals surface area contributed by atoms with Crippen molar-refractivity contribution in [3.05, 3.63) is 48.6 Å². The summed E-state index contributed by atoms with van der Waals surface area (Å²) in [6.07, 6.45) is 52.8. The molecule has 0 heterocycles. The van der Waals surface area contributed by atoms with Gasteiger partial charge in [0.15, 0.2) is 0 Å². The Labute approximate surface area is 316 Å². The summed E-state index contributed by atoms with van der Waals surface area (Å²) in [7, 11) is 0. The Hall–Kier alpha value is -1.69. The van der Waals surface area contributed by atoms with Gasteiger partial charge in [0.25, 0.3) is 0 Å². The van der Waals surface area contributed by atoms with Crippen molar-refractivity contribution in [3.63, 3.8) is 0 Å². The Bertz CT molecular complexity index is 835. The first-order valence-corrected chi connectivity index (χ1v) is 22.0. The lowest BCUT2D eigenvalue weighted by Gasteiger charge is -2.21. The number of carbonyl (C=O) groups is 1. The van der Waals surface area contributed by atoms with E-state index in [1.165, 1.54) is 135 Å². The van der Waals surface area contributed by atoms with E-state index in [0.717, 1.165) is 57.8 Å². The van der Waals surface area contributed by atoms with Crippen molar-refractivity contribution >= 4 is 5.91 Å². The van der Waals surface area contributed by atoms with Crippen LogP contribution in [0.25, 0.3) is 0 Å². The van der Waals surface area contributed by atoms with Crippen LogP contribution in [0.5, 0.6) is 0 Å². The van der Waals surface area contributed by atoms with Gasteiger partial charge in [0.05, 0.1) is 18.8 Å². The van der Waals surface area contributed by atoms with Crippen LogP contribution in [-0.4, -0.2) is 46.1 Å². The Kier molecular flexibility index (Phi) is 39.7. The van der Waals surface area contributed by atoms with Crippen molar-refractivity contribution in [1.29, 1.82) is 0 Å². The van der Waals surface area contributed by atoms with E-state index < -0.39 is 24.2 Å². The number of nitrogens with one attached hydrogen (secondary N) is 1. The lowest BCUT2D eigenvalue weighted by molar-refractivity contribution is -0.131. The van der Waals surface area contributed by atoms with Crippen molar-refractivity contribution < 1.29 is 20.1 Å². The molecular weight excluding hydrogens is 631 g/mol. The normalized spacial score (nSPS) is 14.1. The Morgan fingerprint density at radius 1 is 0.471 bits per heavy atom. The van der Waals surface area contributed by atoms with Crippen LogP contribution in [0, 0.1) is 0 Å². The number of rotatable bonds is 39. The standard InChI is InChI=1S/C46H85NO4/c1-3-5-7-9-11-13-15-17-19-21-22-23-25-26-28-30-32-34-36-38-40-44(49)43(42-48)47-46(51)45(50)41-39-37-35-33-31-29-27-24-20-18-16-14-12-10-8-6-4-2/h23,25,27,29-30,32,38,40,43-45,48-50H,3-22,24,26,28,31,33-37,39,41-42H2,1-2H3,(H,47,51)/b25-23+,29-27-,32-30+,40-38+. The maximum Gasteiger partial charge on any atom is 0.249 e. The van der Waals surface area contributed by atoms with Gasteiger partial charge in [-0.2, -0.15) is 0 Å². The Morgan fingerprint density at radius 3 is 1.20 bits per heavy atom. The zero-order valence-electron chi connectivity index (χ0n) is 33.7. The minimum atomic E-state index is -1.12. The fourth-order valence-corrected chi connectivity index (χ4v) is 6.39. The van der Waals surface area contributed by atoms with Crippen LogP contribution in [0.3, 0.4) is 0 Å². The first kappa shape index (κ1) is 49.3.